The van der Waals surface area contributed by atoms with Crippen molar-refractivity contribution in [2.45, 2.75) is 77.3 Å². The highest BCUT2D eigenvalue weighted by molar-refractivity contribution is 5.82. The monoisotopic (exact) mass is 687 g/mol. The summed E-state index contributed by atoms with van der Waals surface area (Å²) in [5.74, 6) is -8.80. The summed E-state index contributed by atoms with van der Waals surface area (Å²) in [4.78, 5) is 79.0. The largest absolute Gasteiger partial charge is 0.562 e. The van der Waals surface area contributed by atoms with Crippen molar-refractivity contribution in [3.05, 3.63) is 6.20 Å². The fourth-order valence-electron chi connectivity index (χ4n) is 4.93. The molecule has 21 nitrogen and oxygen atoms in total. The summed E-state index contributed by atoms with van der Waals surface area (Å²) >= 11 is 0. The van der Waals surface area contributed by atoms with Crippen molar-refractivity contribution >= 4 is 47.7 Å². The van der Waals surface area contributed by atoms with Crippen molar-refractivity contribution in [2.75, 3.05) is 45.0 Å². The first-order valence-electron chi connectivity index (χ1n) is 14.5. The zero-order chi connectivity index (χ0) is 35.6. The lowest BCUT2D eigenvalue weighted by atomic mass is 9.88. The number of nitrogens with one attached hydrogen (secondary N) is 1. The zero-order valence-electron chi connectivity index (χ0n) is 27.0. The van der Waals surface area contributed by atoms with Crippen LogP contribution in [0.1, 0.15) is 41.0 Å². The Bertz CT molecular complexity index is 1380. The first kappa shape index (κ1) is 37.4. The molecule has 2 saturated heterocycles. The number of aliphatic imine (C=N–C) groups is 1. The number of hydrogen-bond acceptors (Lipinski definition) is 19. The third kappa shape index (κ3) is 10.2. The molecule has 6 atom stereocenters. The van der Waals surface area contributed by atoms with Gasteiger partial charge in [-0.25, -0.2) is 4.79 Å². The van der Waals surface area contributed by atoms with E-state index in [0.717, 1.165) is 41.7 Å². The van der Waals surface area contributed by atoms with Crippen LogP contribution in [0, 0.1) is 0 Å². The van der Waals surface area contributed by atoms with Gasteiger partial charge in [0.15, 0.2) is 18.3 Å². The molecule has 3 heterocycles. The van der Waals surface area contributed by atoms with Gasteiger partial charge in [0.1, 0.15) is 18.8 Å². The van der Waals surface area contributed by atoms with Crippen molar-refractivity contribution in [1.29, 1.82) is 0 Å². The standard InChI is InChI=1S/C27H37N5O16/c1-14(33)28-22-19(43-16(3)35)11-27(25(38)40-6,47-26(39)29-21-12-32(30-48-21)31-7-9-41-10-8-31)46-24(22)23(45-18(5)37)20(44-17(4)36)13-42-15(2)34/h12,19-20,22-24H,7-11,13H2,1-6H3,(H-,28,29,30,33,39)/t19-,20+,22+,23+,24+,27+/m0/s1. The number of carbonyl (C=O) groups is 6. The van der Waals surface area contributed by atoms with E-state index in [2.05, 4.69) is 15.6 Å². The van der Waals surface area contributed by atoms with Crippen LogP contribution in [0.25, 0.3) is 0 Å². The van der Waals surface area contributed by atoms with Gasteiger partial charge >= 0.3 is 35.7 Å². The van der Waals surface area contributed by atoms with Crippen molar-refractivity contribution in [3.8, 4) is 0 Å². The summed E-state index contributed by atoms with van der Waals surface area (Å²) in [5.41, 5.74) is 0. The molecule has 1 amide bonds. The molecule has 2 aliphatic rings. The third-order valence-electron chi connectivity index (χ3n) is 6.67. The maximum atomic E-state index is 13.4. The number of hydrogen-bond donors (Lipinski definition) is 1. The number of carbonyl (C=O) groups excluding carboxylic acids is 6. The second-order valence-electron chi connectivity index (χ2n) is 10.4. The number of morpholine rings is 1. The molecule has 3 rings (SSSR count). The molecule has 21 heteroatoms. The van der Waals surface area contributed by atoms with Crippen LogP contribution in [0.5, 0.6) is 0 Å². The van der Waals surface area contributed by atoms with E-state index in [1.165, 1.54) is 11.0 Å². The molecule has 0 aliphatic carbocycles. The summed E-state index contributed by atoms with van der Waals surface area (Å²) in [6.07, 6.45) is -7.79. The van der Waals surface area contributed by atoms with E-state index in [1.54, 1.807) is 5.01 Å². The van der Waals surface area contributed by atoms with Crippen LogP contribution in [0.2, 0.25) is 0 Å². The fourth-order valence-corrected chi connectivity index (χ4v) is 4.93. The fraction of sp³-hybridized carbons (Fsp3) is 0.667. The van der Waals surface area contributed by atoms with Gasteiger partial charge in [0.2, 0.25) is 17.0 Å². The number of nitrogens with zero attached hydrogens (tertiary/aromatic N) is 4. The summed E-state index contributed by atoms with van der Waals surface area (Å²) in [7, 11) is 0.932. The summed E-state index contributed by atoms with van der Waals surface area (Å²) in [6, 6.07) is -1.46. The van der Waals surface area contributed by atoms with Crippen LogP contribution in [0.15, 0.2) is 15.7 Å². The summed E-state index contributed by atoms with van der Waals surface area (Å²) < 4.78 is 47.9. The minimum atomic E-state index is -2.80. The van der Waals surface area contributed by atoms with E-state index in [9.17, 15) is 33.9 Å². The van der Waals surface area contributed by atoms with Gasteiger partial charge in [0.05, 0.1) is 44.2 Å². The van der Waals surface area contributed by atoms with E-state index in [0.29, 0.717) is 26.3 Å². The van der Waals surface area contributed by atoms with Crippen molar-refractivity contribution < 1.29 is 81.1 Å². The highest BCUT2D eigenvalue weighted by Gasteiger charge is 2.57. The Morgan fingerprint density at radius 3 is 2.29 bits per heavy atom. The highest BCUT2D eigenvalue weighted by atomic mass is 16.8. The quantitative estimate of drug-likeness (QED) is 0.0746. The Morgan fingerprint density at radius 1 is 1.06 bits per heavy atom. The highest BCUT2D eigenvalue weighted by Crippen LogP contribution is 2.37. The molecule has 1 aromatic rings. The zero-order valence-corrected chi connectivity index (χ0v) is 27.0. The van der Waals surface area contributed by atoms with Crippen LogP contribution < -0.4 is 20.2 Å². The van der Waals surface area contributed by atoms with Crippen molar-refractivity contribution in [3.63, 3.8) is 0 Å². The van der Waals surface area contributed by atoms with Gasteiger partial charge in [-0.2, -0.15) is 4.99 Å². The van der Waals surface area contributed by atoms with Crippen LogP contribution in [-0.2, 0) is 66.7 Å². The van der Waals surface area contributed by atoms with Crippen LogP contribution >= 0.6 is 0 Å². The molecule has 1 aromatic heterocycles. The minimum Gasteiger partial charge on any atom is -0.562 e. The second-order valence-corrected chi connectivity index (χ2v) is 10.4. The lowest BCUT2D eigenvalue weighted by Crippen LogP contribution is -2.69. The van der Waals surface area contributed by atoms with Gasteiger partial charge in [-0.1, -0.05) is 0 Å². The number of methoxy groups -OCH3 is 1. The lowest BCUT2D eigenvalue weighted by Gasteiger charge is -2.51. The number of ether oxygens (including phenoxy) is 8. The Labute approximate surface area is 273 Å². The van der Waals surface area contributed by atoms with E-state index in [-0.39, 0.29) is 5.88 Å². The molecule has 0 bridgehead atoms. The number of amides is 1. The average molecular weight is 688 g/mol. The molecule has 266 valence electrons. The Hall–Kier alpha value is -5.05. The smallest absolute Gasteiger partial charge is 0.350 e. The normalized spacial score (nSPS) is 23.9. The van der Waals surface area contributed by atoms with E-state index >= 15 is 0 Å². The van der Waals surface area contributed by atoms with Gasteiger partial charge in [-0.15, -0.1) is 5.01 Å². The number of rotatable bonds is 12. The summed E-state index contributed by atoms with van der Waals surface area (Å²) in [5, 5.41) is 21.2. The Morgan fingerprint density at radius 2 is 1.73 bits per heavy atom. The van der Waals surface area contributed by atoms with Gasteiger partial charge in [0, 0.05) is 41.0 Å². The summed E-state index contributed by atoms with van der Waals surface area (Å²) in [6.45, 7) is 6.24. The second kappa shape index (κ2) is 16.7. The molecule has 0 spiro atoms. The molecule has 2 aliphatic heterocycles. The van der Waals surface area contributed by atoms with Gasteiger partial charge < -0.3 is 48.3 Å². The van der Waals surface area contributed by atoms with Crippen molar-refractivity contribution in [2.24, 2.45) is 4.99 Å². The lowest BCUT2D eigenvalue weighted by molar-refractivity contribution is -0.759. The predicted molar refractivity (Wildman–Crippen MR) is 149 cm³/mol. The maximum absolute atomic E-state index is 13.4. The van der Waals surface area contributed by atoms with Gasteiger partial charge in [-0.3, -0.25) is 28.5 Å². The third-order valence-corrected chi connectivity index (χ3v) is 6.67. The molecule has 0 aromatic carbocycles. The first-order valence-corrected chi connectivity index (χ1v) is 14.5. The number of aromatic nitrogens is 2. The molecule has 48 heavy (non-hydrogen) atoms. The number of esters is 5. The predicted octanol–water partition coefficient (Wildman–Crippen LogP) is -3.18. The van der Waals surface area contributed by atoms with Crippen molar-refractivity contribution in [1.82, 2.24) is 10.6 Å². The topological polar surface area (TPSA) is 257 Å². The molecule has 1 N–H and O–H groups in total. The Balaban J connectivity index is 2.12. The van der Waals surface area contributed by atoms with Crippen LogP contribution in [-0.4, -0.2) is 123 Å². The van der Waals surface area contributed by atoms with Crippen LogP contribution in [0.4, 0.5) is 5.88 Å². The van der Waals surface area contributed by atoms with Gasteiger partial charge in [0.25, 0.3) is 6.20 Å². The maximum Gasteiger partial charge on any atom is 0.350 e. The van der Waals surface area contributed by atoms with E-state index in [1.807, 2.05) is 0 Å². The molecular weight excluding hydrogens is 650 g/mol. The van der Waals surface area contributed by atoms with Crippen LogP contribution in [0.3, 0.4) is 0 Å². The first-order chi connectivity index (χ1) is 22.6. The molecular formula is C27H37N5O16. The molecule has 0 unspecified atom stereocenters. The Kier molecular flexibility index (Phi) is 13.0. The molecule has 0 radical (unpaired) electrons. The molecule has 2 fully saturated rings. The molecule has 0 saturated carbocycles. The van der Waals surface area contributed by atoms with E-state index < -0.39 is 91.1 Å². The SMILES string of the molecule is COC(=O)[C@]1(O/C([O-])=N\c2c[n+](N3CCOCC3)no2)C[C@H](OC(C)=O)[C@@H](NC(C)=O)[C@H]([C@H](OC(C)=O)[C@@H](COC(C)=O)OC(C)=O)O1. The average Bonchev–Trinajstić information content (AvgIpc) is 3.46. The van der Waals surface area contributed by atoms with Gasteiger partial charge in [-0.05, 0) is 0 Å². The minimum absolute atomic E-state index is 0.347. The van der Waals surface area contributed by atoms with E-state index in [4.69, 9.17) is 42.4 Å².